The molecule has 0 aromatic heterocycles. The fourth-order valence-corrected chi connectivity index (χ4v) is 5.54. The molecule has 1 aliphatic heterocycles. The molecule has 5 rings (SSSR count). The Morgan fingerprint density at radius 3 is 2.30 bits per heavy atom. The molecule has 20 heavy (non-hydrogen) atoms. The number of aliphatic carboxylic acids is 1. The van der Waals surface area contributed by atoms with Crippen LogP contribution in [0, 0.1) is 23.2 Å². The average molecular weight is 278 g/mol. The van der Waals surface area contributed by atoms with Crippen LogP contribution in [0.2, 0.25) is 0 Å². The number of hydrazine groups is 1. The van der Waals surface area contributed by atoms with Crippen molar-refractivity contribution in [3.05, 3.63) is 0 Å². The number of amides is 1. The molecule has 0 aromatic carbocycles. The Morgan fingerprint density at radius 2 is 1.85 bits per heavy atom. The fraction of sp³-hybridized carbons (Fsp3) is 0.867. The maximum Gasteiger partial charge on any atom is 0.309 e. The summed E-state index contributed by atoms with van der Waals surface area (Å²) in [6.45, 7) is 3.81. The minimum Gasteiger partial charge on any atom is -0.481 e. The highest BCUT2D eigenvalue weighted by Crippen LogP contribution is 2.61. The van der Waals surface area contributed by atoms with E-state index < -0.39 is 16.9 Å². The normalized spacial score (nSPS) is 48.3. The van der Waals surface area contributed by atoms with Crippen LogP contribution in [0.15, 0.2) is 0 Å². The predicted molar refractivity (Wildman–Crippen MR) is 71.5 cm³/mol. The Hall–Kier alpha value is -1.10. The summed E-state index contributed by atoms with van der Waals surface area (Å²) < 4.78 is 0. The van der Waals surface area contributed by atoms with Gasteiger partial charge in [0.25, 0.3) is 5.91 Å². The van der Waals surface area contributed by atoms with Crippen LogP contribution in [0.1, 0.15) is 46.0 Å². The number of hydrogen-bond acceptors (Lipinski definition) is 3. The average Bonchev–Trinajstić information content (AvgIpc) is 2.35. The van der Waals surface area contributed by atoms with E-state index in [-0.39, 0.29) is 11.9 Å². The summed E-state index contributed by atoms with van der Waals surface area (Å²) >= 11 is 0. The Balaban J connectivity index is 1.61. The van der Waals surface area contributed by atoms with Gasteiger partial charge in [0, 0.05) is 0 Å². The van der Waals surface area contributed by atoms with E-state index >= 15 is 0 Å². The van der Waals surface area contributed by atoms with E-state index in [0.717, 1.165) is 32.1 Å². The molecule has 4 aliphatic carbocycles. The Morgan fingerprint density at radius 1 is 1.25 bits per heavy atom. The molecule has 4 bridgehead atoms. The number of rotatable bonds is 2. The first-order valence-electron chi connectivity index (χ1n) is 7.67. The van der Waals surface area contributed by atoms with Crippen molar-refractivity contribution in [2.75, 3.05) is 0 Å². The van der Waals surface area contributed by atoms with Crippen LogP contribution < -0.4 is 5.43 Å². The molecular formula is C15H22N2O3. The molecule has 5 aliphatic rings. The van der Waals surface area contributed by atoms with Gasteiger partial charge in [0.05, 0.1) is 11.5 Å². The van der Waals surface area contributed by atoms with Gasteiger partial charge in [-0.1, -0.05) is 0 Å². The van der Waals surface area contributed by atoms with E-state index in [1.807, 2.05) is 18.9 Å². The van der Waals surface area contributed by atoms with Crippen LogP contribution in [-0.4, -0.2) is 33.6 Å². The zero-order valence-corrected chi connectivity index (χ0v) is 12.1. The van der Waals surface area contributed by atoms with E-state index in [9.17, 15) is 14.7 Å². The van der Waals surface area contributed by atoms with Crippen LogP contribution in [0.3, 0.4) is 0 Å². The van der Waals surface area contributed by atoms with Gasteiger partial charge in [0.15, 0.2) is 0 Å². The molecule has 1 saturated heterocycles. The molecule has 4 unspecified atom stereocenters. The molecule has 5 nitrogen and oxygen atoms in total. The van der Waals surface area contributed by atoms with Crippen LogP contribution >= 0.6 is 0 Å². The van der Waals surface area contributed by atoms with Crippen molar-refractivity contribution in [3.63, 3.8) is 0 Å². The molecule has 110 valence electrons. The number of carbonyl (C=O) groups is 2. The van der Waals surface area contributed by atoms with Gasteiger partial charge in [0.1, 0.15) is 5.54 Å². The van der Waals surface area contributed by atoms with E-state index in [1.54, 1.807) is 0 Å². The van der Waals surface area contributed by atoms with Gasteiger partial charge < -0.3 is 5.11 Å². The van der Waals surface area contributed by atoms with E-state index in [4.69, 9.17) is 0 Å². The summed E-state index contributed by atoms with van der Waals surface area (Å²) in [5, 5.41) is 11.4. The van der Waals surface area contributed by atoms with Gasteiger partial charge in [0.2, 0.25) is 0 Å². The summed E-state index contributed by atoms with van der Waals surface area (Å²) in [6, 6.07) is 0.222. The highest BCUT2D eigenvalue weighted by atomic mass is 16.4. The Labute approximate surface area is 118 Å². The smallest absolute Gasteiger partial charge is 0.309 e. The molecular weight excluding hydrogens is 256 g/mol. The van der Waals surface area contributed by atoms with E-state index in [0.29, 0.717) is 17.8 Å². The number of nitrogens with one attached hydrogen (secondary N) is 1. The van der Waals surface area contributed by atoms with Gasteiger partial charge in [-0.15, -0.1) is 0 Å². The zero-order valence-electron chi connectivity index (χ0n) is 12.1. The second kappa shape index (κ2) is 3.56. The minimum absolute atomic E-state index is 0.166. The van der Waals surface area contributed by atoms with Gasteiger partial charge in [-0.05, 0) is 63.7 Å². The van der Waals surface area contributed by atoms with Crippen molar-refractivity contribution >= 4 is 11.9 Å². The molecule has 1 heterocycles. The topological polar surface area (TPSA) is 69.6 Å². The molecule has 0 radical (unpaired) electrons. The third-order valence-corrected chi connectivity index (χ3v) is 6.13. The quantitative estimate of drug-likeness (QED) is 0.801. The first-order chi connectivity index (χ1) is 9.32. The maximum atomic E-state index is 12.3. The first kappa shape index (κ1) is 12.6. The van der Waals surface area contributed by atoms with Gasteiger partial charge in [-0.3, -0.25) is 14.6 Å². The molecule has 5 fully saturated rings. The van der Waals surface area contributed by atoms with Crippen molar-refractivity contribution in [1.82, 2.24) is 10.4 Å². The largest absolute Gasteiger partial charge is 0.481 e. The molecule has 2 N–H and O–H groups in total. The molecule has 1 amide bonds. The van der Waals surface area contributed by atoms with Gasteiger partial charge in [-0.2, -0.15) is 0 Å². The van der Waals surface area contributed by atoms with Gasteiger partial charge in [-0.25, -0.2) is 5.43 Å². The fourth-order valence-electron chi connectivity index (χ4n) is 5.54. The molecule has 4 saturated carbocycles. The van der Waals surface area contributed by atoms with Crippen molar-refractivity contribution in [3.8, 4) is 0 Å². The standard InChI is InChI=1S/C15H22N2O3/c1-14(2)12(18)17(16-14)11-9-3-8-4-10(11)7-15(5-8,6-9)13(19)20/h8-11,16H,3-7H2,1-2H3,(H,19,20)/t8?,9-,10?,11?,15?/m0/s1. The number of hydrogen-bond donors (Lipinski definition) is 2. The number of nitrogens with zero attached hydrogens (tertiary/aromatic N) is 1. The third kappa shape index (κ3) is 1.42. The summed E-state index contributed by atoms with van der Waals surface area (Å²) in [6.07, 6.45) is 4.57. The van der Waals surface area contributed by atoms with Crippen LogP contribution in [-0.2, 0) is 9.59 Å². The molecule has 5 heteroatoms. The van der Waals surface area contributed by atoms with Crippen molar-refractivity contribution in [2.45, 2.75) is 57.5 Å². The lowest BCUT2D eigenvalue weighted by molar-refractivity contribution is -0.197. The first-order valence-corrected chi connectivity index (χ1v) is 7.67. The lowest BCUT2D eigenvalue weighted by Gasteiger charge is -2.63. The van der Waals surface area contributed by atoms with Crippen LogP contribution in [0.5, 0.6) is 0 Å². The Bertz CT molecular complexity index is 485. The molecule has 0 aromatic rings. The molecule has 5 atom stereocenters. The van der Waals surface area contributed by atoms with Crippen molar-refractivity contribution in [2.24, 2.45) is 23.2 Å². The SMILES string of the molecule is CC1(C)NN(C2C3CC4C[C@H]2CC(C(=O)O)(C4)C3)C1=O. The number of carboxylic acids is 1. The highest BCUT2D eigenvalue weighted by molar-refractivity contribution is 5.90. The van der Waals surface area contributed by atoms with Gasteiger partial charge >= 0.3 is 5.97 Å². The second-order valence-corrected chi connectivity index (χ2v) is 7.96. The van der Waals surface area contributed by atoms with Crippen molar-refractivity contribution < 1.29 is 14.7 Å². The second-order valence-electron chi connectivity index (χ2n) is 7.96. The predicted octanol–water partition coefficient (Wildman–Crippen LogP) is 1.39. The molecule has 0 spiro atoms. The lowest BCUT2D eigenvalue weighted by Crippen LogP contribution is -2.79. The number of carbonyl (C=O) groups excluding carboxylic acids is 1. The summed E-state index contributed by atoms with van der Waals surface area (Å²) in [4.78, 5) is 24.0. The minimum atomic E-state index is -0.612. The number of carboxylic acid groups (broad SMARTS) is 1. The van der Waals surface area contributed by atoms with Crippen LogP contribution in [0.25, 0.3) is 0 Å². The van der Waals surface area contributed by atoms with E-state index in [1.165, 1.54) is 0 Å². The summed E-state index contributed by atoms with van der Waals surface area (Å²) in [7, 11) is 0. The Kier molecular flexibility index (Phi) is 2.25. The monoisotopic (exact) mass is 278 g/mol. The lowest BCUT2D eigenvalue weighted by atomic mass is 9.47. The maximum absolute atomic E-state index is 12.3. The van der Waals surface area contributed by atoms with Crippen molar-refractivity contribution in [1.29, 1.82) is 0 Å². The summed E-state index contributed by atoms with van der Waals surface area (Å²) in [5.41, 5.74) is 2.34. The highest BCUT2D eigenvalue weighted by Gasteiger charge is 2.62. The van der Waals surface area contributed by atoms with E-state index in [2.05, 4.69) is 5.43 Å². The zero-order chi connectivity index (χ0) is 14.3. The third-order valence-electron chi connectivity index (χ3n) is 6.13. The van der Waals surface area contributed by atoms with Crippen LogP contribution in [0.4, 0.5) is 0 Å². The summed E-state index contributed by atoms with van der Waals surface area (Å²) in [5.74, 6) is 0.844.